The van der Waals surface area contributed by atoms with Gasteiger partial charge in [0.05, 0.1) is 5.56 Å². The van der Waals surface area contributed by atoms with Gasteiger partial charge in [-0.15, -0.1) is 0 Å². The summed E-state index contributed by atoms with van der Waals surface area (Å²) in [5.74, 6) is -1.29. The zero-order chi connectivity index (χ0) is 21.7. The summed E-state index contributed by atoms with van der Waals surface area (Å²) in [6, 6.07) is 13.2. The first-order valence-corrected chi connectivity index (χ1v) is 9.63. The zero-order valence-electron chi connectivity index (χ0n) is 16.8. The highest BCUT2D eigenvalue weighted by atomic mass is 16.5. The van der Waals surface area contributed by atoms with E-state index >= 15 is 0 Å². The predicted molar refractivity (Wildman–Crippen MR) is 112 cm³/mol. The SMILES string of the molecule is CC(=O)Nc1ccc(NC(=O)[C@@H](C)OC(=O)c2cccc(N3CCCC3=O)c2)cc1. The van der Waals surface area contributed by atoms with Crippen molar-refractivity contribution in [2.45, 2.75) is 32.8 Å². The second-order valence-corrected chi connectivity index (χ2v) is 6.99. The van der Waals surface area contributed by atoms with Crippen LogP contribution in [0.5, 0.6) is 0 Å². The summed E-state index contributed by atoms with van der Waals surface area (Å²) in [5, 5.41) is 5.29. The maximum atomic E-state index is 12.5. The van der Waals surface area contributed by atoms with Crippen LogP contribution in [0.3, 0.4) is 0 Å². The molecule has 1 saturated heterocycles. The Morgan fingerprint density at radius 1 is 1.03 bits per heavy atom. The molecule has 156 valence electrons. The van der Waals surface area contributed by atoms with Crippen LogP contribution in [0.2, 0.25) is 0 Å². The predicted octanol–water partition coefficient (Wildman–Crippen LogP) is 2.96. The van der Waals surface area contributed by atoms with E-state index in [1.165, 1.54) is 13.8 Å². The summed E-state index contributed by atoms with van der Waals surface area (Å²) in [6.45, 7) is 3.51. The molecule has 0 bridgehead atoms. The second-order valence-electron chi connectivity index (χ2n) is 6.99. The number of benzene rings is 2. The van der Waals surface area contributed by atoms with Crippen molar-refractivity contribution in [2.75, 3.05) is 22.1 Å². The summed E-state index contributed by atoms with van der Waals surface area (Å²) < 4.78 is 5.28. The molecule has 0 spiro atoms. The molecule has 0 radical (unpaired) electrons. The Morgan fingerprint density at radius 3 is 2.30 bits per heavy atom. The van der Waals surface area contributed by atoms with Gasteiger partial charge in [-0.3, -0.25) is 14.4 Å². The van der Waals surface area contributed by atoms with Gasteiger partial charge < -0.3 is 20.3 Å². The van der Waals surface area contributed by atoms with Crippen LogP contribution in [0.1, 0.15) is 37.0 Å². The minimum absolute atomic E-state index is 0.0257. The molecule has 30 heavy (non-hydrogen) atoms. The molecular formula is C22H23N3O5. The lowest BCUT2D eigenvalue weighted by Crippen LogP contribution is -2.30. The van der Waals surface area contributed by atoms with Gasteiger partial charge in [0.2, 0.25) is 11.8 Å². The number of hydrogen-bond acceptors (Lipinski definition) is 5. The van der Waals surface area contributed by atoms with Crippen LogP contribution in [0, 0.1) is 0 Å². The smallest absolute Gasteiger partial charge is 0.338 e. The van der Waals surface area contributed by atoms with E-state index in [4.69, 9.17) is 4.74 Å². The van der Waals surface area contributed by atoms with Gasteiger partial charge in [-0.1, -0.05) is 6.07 Å². The molecule has 1 atom stereocenters. The van der Waals surface area contributed by atoms with Crippen LogP contribution in [-0.4, -0.2) is 36.3 Å². The third kappa shape index (κ3) is 5.22. The third-order valence-electron chi connectivity index (χ3n) is 4.59. The van der Waals surface area contributed by atoms with Crippen molar-refractivity contribution in [1.82, 2.24) is 0 Å². The van der Waals surface area contributed by atoms with Gasteiger partial charge >= 0.3 is 5.97 Å². The Morgan fingerprint density at radius 2 is 1.70 bits per heavy atom. The summed E-state index contributed by atoms with van der Waals surface area (Å²) in [4.78, 5) is 49.4. The maximum absolute atomic E-state index is 12.5. The van der Waals surface area contributed by atoms with Gasteiger partial charge in [0.15, 0.2) is 6.10 Å². The number of rotatable bonds is 6. The van der Waals surface area contributed by atoms with Crippen molar-refractivity contribution in [3.63, 3.8) is 0 Å². The van der Waals surface area contributed by atoms with Gasteiger partial charge in [0.25, 0.3) is 5.91 Å². The highest BCUT2D eigenvalue weighted by Crippen LogP contribution is 2.23. The first-order valence-electron chi connectivity index (χ1n) is 9.63. The highest BCUT2D eigenvalue weighted by Gasteiger charge is 2.24. The minimum Gasteiger partial charge on any atom is -0.449 e. The lowest BCUT2D eigenvalue weighted by molar-refractivity contribution is -0.123. The molecule has 8 heteroatoms. The molecule has 0 unspecified atom stereocenters. The van der Waals surface area contributed by atoms with E-state index < -0.39 is 18.0 Å². The van der Waals surface area contributed by atoms with E-state index in [9.17, 15) is 19.2 Å². The maximum Gasteiger partial charge on any atom is 0.338 e. The lowest BCUT2D eigenvalue weighted by Gasteiger charge is -2.17. The Balaban J connectivity index is 1.59. The average Bonchev–Trinajstić information content (AvgIpc) is 3.15. The highest BCUT2D eigenvalue weighted by molar-refractivity contribution is 5.99. The van der Waals surface area contributed by atoms with E-state index in [-0.39, 0.29) is 17.4 Å². The van der Waals surface area contributed by atoms with Gasteiger partial charge in [0, 0.05) is 37.0 Å². The van der Waals surface area contributed by atoms with Gasteiger partial charge in [-0.25, -0.2) is 4.79 Å². The van der Waals surface area contributed by atoms with Crippen LogP contribution in [-0.2, 0) is 19.1 Å². The zero-order valence-corrected chi connectivity index (χ0v) is 16.8. The summed E-state index contributed by atoms with van der Waals surface area (Å²) in [5.41, 5.74) is 2.03. The molecular weight excluding hydrogens is 386 g/mol. The number of nitrogens with one attached hydrogen (secondary N) is 2. The van der Waals surface area contributed by atoms with E-state index in [2.05, 4.69) is 10.6 Å². The Kier molecular flexibility index (Phi) is 6.46. The summed E-state index contributed by atoms with van der Waals surface area (Å²) in [7, 11) is 0. The second kappa shape index (κ2) is 9.21. The number of amides is 3. The van der Waals surface area contributed by atoms with E-state index in [0.717, 1.165) is 6.42 Å². The number of nitrogens with zero attached hydrogens (tertiary/aromatic N) is 1. The average molecular weight is 409 g/mol. The third-order valence-corrected chi connectivity index (χ3v) is 4.59. The van der Waals surface area contributed by atoms with Gasteiger partial charge in [-0.2, -0.15) is 0 Å². The number of carbonyl (C=O) groups excluding carboxylic acids is 4. The number of anilines is 3. The number of carbonyl (C=O) groups is 4. The van der Waals surface area contributed by atoms with E-state index in [1.54, 1.807) is 53.4 Å². The molecule has 1 aliphatic rings. The molecule has 8 nitrogen and oxygen atoms in total. The molecule has 1 aliphatic heterocycles. The van der Waals surface area contributed by atoms with Crippen molar-refractivity contribution in [3.05, 3.63) is 54.1 Å². The normalized spacial score (nSPS) is 14.2. The molecule has 1 fully saturated rings. The van der Waals surface area contributed by atoms with Gasteiger partial charge in [0.1, 0.15) is 0 Å². The summed E-state index contributed by atoms with van der Waals surface area (Å²) in [6.07, 6.45) is 0.262. The molecule has 3 amide bonds. The number of hydrogen-bond donors (Lipinski definition) is 2. The topological polar surface area (TPSA) is 105 Å². The fraction of sp³-hybridized carbons (Fsp3) is 0.273. The van der Waals surface area contributed by atoms with Crippen LogP contribution in [0.15, 0.2) is 48.5 Å². The Bertz CT molecular complexity index is 971. The monoisotopic (exact) mass is 409 g/mol. The summed E-state index contributed by atoms with van der Waals surface area (Å²) >= 11 is 0. The molecule has 0 saturated carbocycles. The molecule has 3 rings (SSSR count). The largest absolute Gasteiger partial charge is 0.449 e. The Labute approximate surface area is 174 Å². The minimum atomic E-state index is -1.02. The van der Waals surface area contributed by atoms with Crippen LogP contribution < -0.4 is 15.5 Å². The van der Waals surface area contributed by atoms with Crippen molar-refractivity contribution < 1.29 is 23.9 Å². The van der Waals surface area contributed by atoms with Crippen molar-refractivity contribution >= 4 is 40.8 Å². The number of esters is 1. The first-order chi connectivity index (χ1) is 14.3. The fourth-order valence-corrected chi connectivity index (χ4v) is 3.09. The van der Waals surface area contributed by atoms with Crippen molar-refractivity contribution in [1.29, 1.82) is 0 Å². The number of ether oxygens (including phenoxy) is 1. The first kappa shape index (κ1) is 21.0. The molecule has 1 heterocycles. The molecule has 2 N–H and O–H groups in total. The molecule has 0 aliphatic carbocycles. The standard InChI is InChI=1S/C22H23N3O5/c1-14(21(28)24-18-10-8-17(9-11-18)23-15(2)26)30-22(29)16-5-3-6-19(13-16)25-12-4-7-20(25)27/h3,5-6,8-11,13-14H,4,7,12H2,1-2H3,(H,23,26)(H,24,28)/t14-/m1/s1. The molecule has 2 aromatic rings. The van der Waals surface area contributed by atoms with Crippen molar-refractivity contribution in [3.8, 4) is 0 Å². The van der Waals surface area contributed by atoms with Crippen LogP contribution in [0.25, 0.3) is 0 Å². The van der Waals surface area contributed by atoms with E-state index in [0.29, 0.717) is 30.0 Å². The van der Waals surface area contributed by atoms with Gasteiger partial charge in [-0.05, 0) is 55.8 Å². The van der Waals surface area contributed by atoms with Crippen molar-refractivity contribution in [2.24, 2.45) is 0 Å². The molecule has 0 aromatic heterocycles. The van der Waals surface area contributed by atoms with Crippen LogP contribution in [0.4, 0.5) is 17.1 Å². The van der Waals surface area contributed by atoms with E-state index in [1.807, 2.05) is 0 Å². The Hall–Kier alpha value is -3.68. The molecule has 2 aromatic carbocycles. The quantitative estimate of drug-likeness (QED) is 0.714. The fourth-order valence-electron chi connectivity index (χ4n) is 3.09. The lowest BCUT2D eigenvalue weighted by atomic mass is 10.2. The van der Waals surface area contributed by atoms with Crippen LogP contribution >= 0.6 is 0 Å².